The predicted molar refractivity (Wildman–Crippen MR) is 55.7 cm³/mol. The smallest absolute Gasteiger partial charge is 0.209 e. The van der Waals surface area contributed by atoms with Crippen molar-refractivity contribution in [2.75, 3.05) is 13.7 Å². The number of hydrogen-bond donors (Lipinski definition) is 0. The van der Waals surface area contributed by atoms with Gasteiger partial charge in [0.1, 0.15) is 6.04 Å². The molecule has 0 saturated heterocycles. The Morgan fingerprint density at radius 1 is 1.54 bits per heavy atom. The first-order valence-electron chi connectivity index (χ1n) is 4.82. The molecule has 1 heterocycles. The van der Waals surface area contributed by atoms with Crippen LogP contribution in [0, 0.1) is 5.92 Å². The summed E-state index contributed by atoms with van der Waals surface area (Å²) in [6.07, 6.45) is 0.990. The Morgan fingerprint density at radius 3 is 2.69 bits per heavy atom. The second-order valence-electron chi connectivity index (χ2n) is 3.60. The molecule has 3 nitrogen and oxygen atoms in total. The van der Waals surface area contributed by atoms with E-state index < -0.39 is 0 Å². The zero-order valence-electron chi connectivity index (χ0n) is 8.87. The molecule has 74 valence electrons. The normalized spacial score (nSPS) is 22.7. The molecular weight excluding hydrogens is 164 g/mol. The maximum Gasteiger partial charge on any atom is 0.209 e. The summed E-state index contributed by atoms with van der Waals surface area (Å²) in [6, 6.07) is 0.133. The quantitative estimate of drug-likeness (QED) is 0.642. The van der Waals surface area contributed by atoms with E-state index in [1.54, 1.807) is 7.11 Å². The third-order valence-corrected chi connectivity index (χ3v) is 2.24. The first kappa shape index (κ1) is 10.2. The van der Waals surface area contributed by atoms with Crippen molar-refractivity contribution in [3.8, 4) is 0 Å². The molecule has 3 heteroatoms. The van der Waals surface area contributed by atoms with Gasteiger partial charge in [0.05, 0.1) is 13.7 Å². The van der Waals surface area contributed by atoms with Gasteiger partial charge in [0.2, 0.25) is 5.90 Å². The van der Waals surface area contributed by atoms with Gasteiger partial charge in [0.25, 0.3) is 0 Å². The third-order valence-electron chi connectivity index (χ3n) is 2.24. The Hall–Kier alpha value is -0.860. The van der Waals surface area contributed by atoms with Crippen molar-refractivity contribution in [2.24, 2.45) is 15.9 Å². The molecule has 0 radical (unpaired) electrons. The predicted octanol–water partition coefficient (Wildman–Crippen LogP) is 1.92. The first-order chi connectivity index (χ1) is 6.19. The molecule has 0 spiro atoms. The minimum absolute atomic E-state index is 0.133. The summed E-state index contributed by atoms with van der Waals surface area (Å²) in [7, 11) is 1.67. The van der Waals surface area contributed by atoms with Crippen LogP contribution in [-0.4, -0.2) is 31.3 Å². The molecule has 1 rings (SSSR count). The molecular formula is C10H18N2O. The van der Waals surface area contributed by atoms with Crippen molar-refractivity contribution < 1.29 is 4.74 Å². The van der Waals surface area contributed by atoms with E-state index in [-0.39, 0.29) is 6.04 Å². The van der Waals surface area contributed by atoms with Crippen LogP contribution in [-0.2, 0) is 4.74 Å². The van der Waals surface area contributed by atoms with Gasteiger partial charge in [-0.15, -0.1) is 0 Å². The maximum absolute atomic E-state index is 5.20. The minimum atomic E-state index is 0.133. The van der Waals surface area contributed by atoms with E-state index in [1.165, 1.54) is 5.71 Å². The molecule has 0 N–H and O–H groups in total. The largest absolute Gasteiger partial charge is 0.483 e. The molecule has 0 bridgehead atoms. The van der Waals surface area contributed by atoms with Crippen LogP contribution in [0.15, 0.2) is 9.98 Å². The fraction of sp³-hybridized carbons (Fsp3) is 0.800. The van der Waals surface area contributed by atoms with Crippen LogP contribution in [0.25, 0.3) is 0 Å². The SMILES string of the molecule is CCC1=N[C@H](C(C)C)C(OC)=NC1. The highest BCUT2D eigenvalue weighted by Crippen LogP contribution is 2.14. The van der Waals surface area contributed by atoms with Gasteiger partial charge in [-0.1, -0.05) is 20.8 Å². The summed E-state index contributed by atoms with van der Waals surface area (Å²) < 4.78 is 5.20. The lowest BCUT2D eigenvalue weighted by molar-refractivity contribution is 0.361. The molecule has 0 aromatic rings. The van der Waals surface area contributed by atoms with Crippen molar-refractivity contribution >= 4 is 11.6 Å². The van der Waals surface area contributed by atoms with E-state index in [0.717, 1.165) is 12.3 Å². The van der Waals surface area contributed by atoms with E-state index in [2.05, 4.69) is 30.8 Å². The Kier molecular flexibility index (Phi) is 3.46. The molecule has 0 amide bonds. The Bertz CT molecular complexity index is 231. The molecule has 0 fully saturated rings. The monoisotopic (exact) mass is 182 g/mol. The molecule has 0 unspecified atom stereocenters. The van der Waals surface area contributed by atoms with Crippen LogP contribution in [0.4, 0.5) is 0 Å². The van der Waals surface area contributed by atoms with Crippen molar-refractivity contribution in [1.29, 1.82) is 0 Å². The van der Waals surface area contributed by atoms with Gasteiger partial charge in [-0.25, -0.2) is 4.99 Å². The topological polar surface area (TPSA) is 34.0 Å². The van der Waals surface area contributed by atoms with E-state index in [1.807, 2.05) is 0 Å². The standard InChI is InChI=1S/C10H18N2O/c1-5-8-6-11-10(13-4)9(12-8)7(2)3/h7,9H,5-6H2,1-4H3/t9-/m1/s1. The molecule has 1 aliphatic heterocycles. The molecule has 0 saturated carbocycles. The summed E-state index contributed by atoms with van der Waals surface area (Å²) in [6.45, 7) is 7.11. The van der Waals surface area contributed by atoms with E-state index in [4.69, 9.17) is 4.74 Å². The fourth-order valence-electron chi connectivity index (χ4n) is 1.38. The van der Waals surface area contributed by atoms with E-state index >= 15 is 0 Å². The van der Waals surface area contributed by atoms with Crippen LogP contribution in [0.3, 0.4) is 0 Å². The average molecular weight is 182 g/mol. The van der Waals surface area contributed by atoms with Crippen LogP contribution in [0.2, 0.25) is 0 Å². The lowest BCUT2D eigenvalue weighted by Gasteiger charge is -2.22. The molecule has 1 atom stereocenters. The second kappa shape index (κ2) is 4.40. The summed E-state index contributed by atoms with van der Waals surface area (Å²) in [5, 5.41) is 0. The van der Waals surface area contributed by atoms with Gasteiger partial charge in [-0.2, -0.15) is 0 Å². The van der Waals surface area contributed by atoms with Crippen molar-refractivity contribution in [3.05, 3.63) is 0 Å². The van der Waals surface area contributed by atoms with Gasteiger partial charge in [-0.05, 0) is 12.3 Å². The van der Waals surface area contributed by atoms with Crippen LogP contribution in [0.5, 0.6) is 0 Å². The van der Waals surface area contributed by atoms with Gasteiger partial charge < -0.3 is 4.74 Å². The zero-order valence-corrected chi connectivity index (χ0v) is 8.87. The Morgan fingerprint density at radius 2 is 2.23 bits per heavy atom. The summed E-state index contributed by atoms with van der Waals surface area (Å²) in [5.41, 5.74) is 1.18. The molecule has 0 aromatic heterocycles. The van der Waals surface area contributed by atoms with Crippen molar-refractivity contribution in [2.45, 2.75) is 33.2 Å². The lowest BCUT2D eigenvalue weighted by atomic mass is 10.0. The third kappa shape index (κ3) is 2.29. The van der Waals surface area contributed by atoms with E-state index in [0.29, 0.717) is 12.5 Å². The summed E-state index contributed by atoms with van der Waals surface area (Å²) in [4.78, 5) is 8.98. The molecule has 1 aliphatic rings. The average Bonchev–Trinajstić information content (AvgIpc) is 2.16. The van der Waals surface area contributed by atoms with Gasteiger partial charge in [0, 0.05) is 5.71 Å². The molecule has 0 aliphatic carbocycles. The zero-order chi connectivity index (χ0) is 9.84. The van der Waals surface area contributed by atoms with Gasteiger partial charge >= 0.3 is 0 Å². The van der Waals surface area contributed by atoms with Crippen molar-refractivity contribution in [3.63, 3.8) is 0 Å². The second-order valence-corrected chi connectivity index (χ2v) is 3.60. The number of aliphatic imine (C=N–C) groups is 2. The summed E-state index contributed by atoms with van der Waals surface area (Å²) in [5.74, 6) is 1.24. The summed E-state index contributed by atoms with van der Waals surface area (Å²) >= 11 is 0. The minimum Gasteiger partial charge on any atom is -0.483 e. The number of ether oxygens (including phenoxy) is 1. The van der Waals surface area contributed by atoms with Crippen LogP contribution < -0.4 is 0 Å². The van der Waals surface area contributed by atoms with Crippen LogP contribution >= 0.6 is 0 Å². The number of methoxy groups -OCH3 is 1. The van der Waals surface area contributed by atoms with Gasteiger partial charge in [0.15, 0.2) is 0 Å². The van der Waals surface area contributed by atoms with E-state index in [9.17, 15) is 0 Å². The number of nitrogens with zero attached hydrogens (tertiary/aromatic N) is 2. The fourth-order valence-corrected chi connectivity index (χ4v) is 1.38. The molecule has 13 heavy (non-hydrogen) atoms. The number of hydrogen-bond acceptors (Lipinski definition) is 3. The lowest BCUT2D eigenvalue weighted by Crippen LogP contribution is -2.32. The van der Waals surface area contributed by atoms with Gasteiger partial charge in [-0.3, -0.25) is 4.99 Å². The first-order valence-corrected chi connectivity index (χ1v) is 4.82. The van der Waals surface area contributed by atoms with Crippen LogP contribution in [0.1, 0.15) is 27.2 Å². The highest BCUT2D eigenvalue weighted by atomic mass is 16.5. The van der Waals surface area contributed by atoms with Crippen molar-refractivity contribution in [1.82, 2.24) is 0 Å². The Labute approximate surface area is 79.9 Å². The Balaban J connectivity index is 2.78. The highest BCUT2D eigenvalue weighted by molar-refractivity contribution is 5.95. The number of rotatable bonds is 2. The highest BCUT2D eigenvalue weighted by Gasteiger charge is 2.23. The maximum atomic E-state index is 5.20. The molecule has 0 aromatic carbocycles.